The van der Waals surface area contributed by atoms with Crippen LogP contribution in [0.15, 0.2) is 43.0 Å². The lowest BCUT2D eigenvalue weighted by atomic mass is 9.82. The molecule has 0 unspecified atom stereocenters. The van der Waals surface area contributed by atoms with Crippen molar-refractivity contribution >= 4 is 0 Å². The third kappa shape index (κ3) is 4.44. The Balaban J connectivity index is 2.95. The lowest BCUT2D eigenvalue weighted by Crippen LogP contribution is -2.50. The monoisotopic (exact) mass is 277 g/mol. The molecule has 0 saturated carbocycles. The van der Waals surface area contributed by atoms with Crippen molar-refractivity contribution in [2.45, 2.75) is 39.0 Å². The average Bonchev–Trinajstić information content (AvgIpc) is 2.43. The van der Waals surface area contributed by atoms with Gasteiger partial charge in [-0.15, -0.1) is 6.58 Å². The molecule has 0 aliphatic carbocycles. The minimum absolute atomic E-state index is 0.0168. The van der Waals surface area contributed by atoms with E-state index in [1.807, 2.05) is 36.4 Å². The zero-order valence-electron chi connectivity index (χ0n) is 13.0. The average molecular weight is 277 g/mol. The van der Waals surface area contributed by atoms with Gasteiger partial charge in [-0.1, -0.05) is 57.2 Å². The maximum atomic E-state index is 9.69. The Bertz CT molecular complexity index is 397. The van der Waals surface area contributed by atoms with Gasteiger partial charge < -0.3 is 15.2 Å². The molecule has 0 aliphatic rings. The summed E-state index contributed by atoms with van der Waals surface area (Å²) in [6.45, 7) is 10.3. The maximum absolute atomic E-state index is 9.69. The van der Waals surface area contributed by atoms with Gasteiger partial charge in [0.05, 0.1) is 18.8 Å². The molecule has 0 bridgehead atoms. The second-order valence-electron chi connectivity index (χ2n) is 6.09. The third-order valence-electron chi connectivity index (χ3n) is 3.53. The summed E-state index contributed by atoms with van der Waals surface area (Å²) >= 11 is 0. The Morgan fingerprint density at radius 1 is 1.30 bits per heavy atom. The van der Waals surface area contributed by atoms with Crippen LogP contribution in [0.1, 0.15) is 32.4 Å². The number of hydrogen-bond acceptors (Lipinski definition) is 3. The van der Waals surface area contributed by atoms with Gasteiger partial charge in [-0.2, -0.15) is 0 Å². The molecule has 112 valence electrons. The van der Waals surface area contributed by atoms with Crippen molar-refractivity contribution < 1.29 is 9.84 Å². The van der Waals surface area contributed by atoms with Gasteiger partial charge in [-0.25, -0.2) is 0 Å². The van der Waals surface area contributed by atoms with Crippen LogP contribution in [0, 0.1) is 5.41 Å². The van der Waals surface area contributed by atoms with E-state index < -0.39 is 0 Å². The van der Waals surface area contributed by atoms with E-state index in [1.165, 1.54) is 0 Å². The highest BCUT2D eigenvalue weighted by Crippen LogP contribution is 2.26. The first kappa shape index (κ1) is 16.9. The zero-order valence-corrected chi connectivity index (χ0v) is 13.0. The minimum Gasteiger partial charge on any atom is -0.394 e. The van der Waals surface area contributed by atoms with E-state index >= 15 is 0 Å². The highest BCUT2D eigenvalue weighted by Gasteiger charge is 2.32. The zero-order chi connectivity index (χ0) is 15.2. The van der Waals surface area contributed by atoms with Crippen LogP contribution in [0.4, 0.5) is 0 Å². The largest absolute Gasteiger partial charge is 0.394 e. The second kappa shape index (κ2) is 7.58. The highest BCUT2D eigenvalue weighted by atomic mass is 16.5. The molecule has 0 aliphatic heterocycles. The van der Waals surface area contributed by atoms with Gasteiger partial charge in [0.25, 0.3) is 0 Å². The SMILES string of the molecule is C=C[C@H](OC)[C@H](N[C@H](CO)c1ccccc1)C(C)(C)C. The topological polar surface area (TPSA) is 41.5 Å². The summed E-state index contributed by atoms with van der Waals surface area (Å²) in [5.74, 6) is 0. The molecule has 0 radical (unpaired) electrons. The molecule has 3 heteroatoms. The van der Waals surface area contributed by atoms with Crippen molar-refractivity contribution in [1.29, 1.82) is 0 Å². The number of aliphatic hydroxyl groups excluding tert-OH is 1. The third-order valence-corrected chi connectivity index (χ3v) is 3.53. The summed E-state index contributed by atoms with van der Waals surface area (Å²) in [6.07, 6.45) is 1.70. The van der Waals surface area contributed by atoms with Crippen molar-refractivity contribution in [2.24, 2.45) is 5.41 Å². The van der Waals surface area contributed by atoms with Crippen molar-refractivity contribution in [3.8, 4) is 0 Å². The molecule has 0 heterocycles. The molecule has 0 amide bonds. The summed E-state index contributed by atoms with van der Waals surface area (Å²) in [6, 6.07) is 9.91. The Morgan fingerprint density at radius 2 is 1.90 bits per heavy atom. The molecule has 2 N–H and O–H groups in total. The van der Waals surface area contributed by atoms with Crippen LogP contribution >= 0.6 is 0 Å². The van der Waals surface area contributed by atoms with E-state index in [0.29, 0.717) is 0 Å². The number of rotatable bonds is 7. The summed E-state index contributed by atoms with van der Waals surface area (Å²) in [5.41, 5.74) is 1.06. The Hall–Kier alpha value is -1.16. The minimum atomic E-state index is -0.113. The van der Waals surface area contributed by atoms with Crippen LogP contribution in [0.5, 0.6) is 0 Å². The fourth-order valence-corrected chi connectivity index (χ4v) is 2.36. The van der Waals surface area contributed by atoms with Gasteiger partial charge in [0.15, 0.2) is 0 Å². The normalized spacial score (nSPS) is 16.4. The molecule has 0 aromatic heterocycles. The van der Waals surface area contributed by atoms with Gasteiger partial charge in [0.1, 0.15) is 0 Å². The quantitative estimate of drug-likeness (QED) is 0.753. The van der Waals surface area contributed by atoms with Crippen LogP contribution in [0.3, 0.4) is 0 Å². The number of nitrogens with one attached hydrogen (secondary N) is 1. The molecule has 3 nitrogen and oxygen atoms in total. The van der Waals surface area contributed by atoms with Crippen molar-refractivity contribution in [2.75, 3.05) is 13.7 Å². The van der Waals surface area contributed by atoms with E-state index in [0.717, 1.165) is 5.56 Å². The predicted octanol–water partition coefficient (Wildman–Crippen LogP) is 2.93. The number of hydrogen-bond donors (Lipinski definition) is 2. The molecule has 20 heavy (non-hydrogen) atoms. The maximum Gasteiger partial charge on any atom is 0.0907 e. The smallest absolute Gasteiger partial charge is 0.0907 e. The molecule has 1 rings (SSSR count). The molecule has 3 atom stereocenters. The fourth-order valence-electron chi connectivity index (χ4n) is 2.36. The van der Waals surface area contributed by atoms with E-state index in [4.69, 9.17) is 4.74 Å². The summed E-state index contributed by atoms with van der Waals surface area (Å²) in [7, 11) is 1.68. The summed E-state index contributed by atoms with van der Waals surface area (Å²) in [4.78, 5) is 0. The Kier molecular flexibility index (Phi) is 6.40. The first-order chi connectivity index (χ1) is 9.43. The van der Waals surface area contributed by atoms with Crippen LogP contribution in [0.25, 0.3) is 0 Å². The number of ether oxygens (including phenoxy) is 1. The van der Waals surface area contributed by atoms with Crippen molar-refractivity contribution in [3.63, 3.8) is 0 Å². The molecule has 0 spiro atoms. The first-order valence-corrected chi connectivity index (χ1v) is 7.01. The lowest BCUT2D eigenvalue weighted by Gasteiger charge is -2.38. The summed E-state index contributed by atoms with van der Waals surface area (Å²) < 4.78 is 5.51. The molecular formula is C17H27NO2. The molecule has 0 fully saturated rings. The van der Waals surface area contributed by atoms with Crippen molar-refractivity contribution in [3.05, 3.63) is 48.6 Å². The van der Waals surface area contributed by atoms with Gasteiger partial charge in [-0.05, 0) is 11.0 Å². The second-order valence-corrected chi connectivity index (χ2v) is 6.09. The van der Waals surface area contributed by atoms with Gasteiger partial charge in [0, 0.05) is 13.2 Å². The molecular weight excluding hydrogens is 250 g/mol. The van der Waals surface area contributed by atoms with E-state index in [1.54, 1.807) is 7.11 Å². The molecule has 1 aromatic rings. The van der Waals surface area contributed by atoms with Gasteiger partial charge in [0.2, 0.25) is 0 Å². The fraction of sp³-hybridized carbons (Fsp3) is 0.529. The van der Waals surface area contributed by atoms with Crippen LogP contribution < -0.4 is 5.32 Å². The van der Waals surface area contributed by atoms with Crippen LogP contribution in [0.2, 0.25) is 0 Å². The van der Waals surface area contributed by atoms with E-state index in [9.17, 15) is 5.11 Å². The lowest BCUT2D eigenvalue weighted by molar-refractivity contribution is 0.0498. The number of aliphatic hydroxyl groups is 1. The number of methoxy groups -OCH3 is 1. The van der Waals surface area contributed by atoms with Crippen LogP contribution in [-0.4, -0.2) is 31.0 Å². The Labute approximate surface area is 122 Å². The van der Waals surface area contributed by atoms with E-state index in [-0.39, 0.29) is 30.2 Å². The highest BCUT2D eigenvalue weighted by molar-refractivity contribution is 5.19. The van der Waals surface area contributed by atoms with E-state index in [2.05, 4.69) is 32.7 Å². The standard InChI is InChI=1S/C17H27NO2/c1-6-15(20-5)16(17(2,3)4)18-14(12-19)13-10-8-7-9-11-13/h6-11,14-16,18-19H,1,12H2,2-5H3/t14-,15+,16+/m1/s1. The van der Waals surface area contributed by atoms with Crippen molar-refractivity contribution in [1.82, 2.24) is 5.32 Å². The van der Waals surface area contributed by atoms with Crippen LogP contribution in [-0.2, 0) is 4.74 Å². The van der Waals surface area contributed by atoms with Gasteiger partial charge in [-0.3, -0.25) is 0 Å². The molecule has 0 saturated heterocycles. The number of benzene rings is 1. The first-order valence-electron chi connectivity index (χ1n) is 7.01. The molecule has 1 aromatic carbocycles. The summed E-state index contributed by atoms with van der Waals surface area (Å²) in [5, 5.41) is 13.2. The predicted molar refractivity (Wildman–Crippen MR) is 83.6 cm³/mol. The van der Waals surface area contributed by atoms with Gasteiger partial charge >= 0.3 is 0 Å². The Morgan fingerprint density at radius 3 is 2.30 bits per heavy atom.